The van der Waals surface area contributed by atoms with Gasteiger partial charge >= 0.3 is 6.09 Å². The van der Waals surface area contributed by atoms with Crippen molar-refractivity contribution in [2.75, 3.05) is 26.2 Å². The average molecular weight is 319 g/mol. The van der Waals surface area contributed by atoms with E-state index in [2.05, 4.69) is 24.1 Å². The highest BCUT2D eigenvalue weighted by atomic mass is 16.5. The molecule has 1 aromatic carbocycles. The van der Waals surface area contributed by atoms with Crippen LogP contribution in [0, 0.1) is 5.92 Å². The number of carbonyl (C=O) groups excluding carboxylic acids is 1. The molecular weight excluding hydrogens is 290 g/mol. The van der Waals surface area contributed by atoms with Crippen LogP contribution in [-0.4, -0.2) is 42.7 Å². The molecule has 128 valence electrons. The quantitative estimate of drug-likeness (QED) is 0.845. The van der Waals surface area contributed by atoms with E-state index < -0.39 is 0 Å². The van der Waals surface area contributed by atoms with Gasteiger partial charge in [0.1, 0.15) is 6.61 Å². The molecule has 1 amide bonds. The summed E-state index contributed by atoms with van der Waals surface area (Å²) >= 11 is 0. The first kappa shape index (κ1) is 17.8. The Balaban J connectivity index is 1.81. The van der Waals surface area contributed by atoms with Crippen LogP contribution < -0.4 is 11.1 Å². The molecule has 1 saturated heterocycles. The topological polar surface area (TPSA) is 67.6 Å². The van der Waals surface area contributed by atoms with Crippen molar-refractivity contribution in [3.8, 4) is 0 Å². The average Bonchev–Trinajstić information content (AvgIpc) is 2.55. The van der Waals surface area contributed by atoms with Gasteiger partial charge in [-0.1, -0.05) is 44.2 Å². The Kier molecular flexibility index (Phi) is 6.42. The van der Waals surface area contributed by atoms with E-state index in [1.807, 2.05) is 30.3 Å². The first-order valence-corrected chi connectivity index (χ1v) is 8.44. The molecule has 5 heteroatoms. The van der Waals surface area contributed by atoms with Crippen LogP contribution in [-0.2, 0) is 11.3 Å². The molecule has 1 heterocycles. The number of amides is 1. The molecule has 23 heavy (non-hydrogen) atoms. The molecule has 0 aromatic heterocycles. The van der Waals surface area contributed by atoms with Crippen molar-refractivity contribution in [3.05, 3.63) is 35.9 Å². The number of carbonyl (C=O) groups is 1. The number of alkyl carbamates (subject to hydrolysis) is 1. The third-order valence-electron chi connectivity index (χ3n) is 4.41. The van der Waals surface area contributed by atoms with Crippen LogP contribution in [0.1, 0.15) is 32.3 Å². The number of hydrogen-bond acceptors (Lipinski definition) is 4. The van der Waals surface area contributed by atoms with E-state index in [0.717, 1.165) is 38.0 Å². The lowest BCUT2D eigenvalue weighted by Crippen LogP contribution is -2.59. The summed E-state index contributed by atoms with van der Waals surface area (Å²) in [4.78, 5) is 14.5. The molecule has 1 aliphatic heterocycles. The van der Waals surface area contributed by atoms with Crippen LogP contribution in [0.4, 0.5) is 4.79 Å². The fourth-order valence-corrected chi connectivity index (χ4v) is 3.04. The minimum absolute atomic E-state index is 0.285. The van der Waals surface area contributed by atoms with Gasteiger partial charge in [-0.25, -0.2) is 4.79 Å². The van der Waals surface area contributed by atoms with Crippen LogP contribution in [0.3, 0.4) is 0 Å². The van der Waals surface area contributed by atoms with Crippen molar-refractivity contribution in [2.24, 2.45) is 11.7 Å². The number of benzene rings is 1. The van der Waals surface area contributed by atoms with E-state index in [9.17, 15) is 4.79 Å². The maximum absolute atomic E-state index is 12.1. The fraction of sp³-hybridized carbons (Fsp3) is 0.611. The van der Waals surface area contributed by atoms with Gasteiger partial charge in [-0.2, -0.15) is 0 Å². The summed E-state index contributed by atoms with van der Waals surface area (Å²) in [6.45, 7) is 8.21. The van der Waals surface area contributed by atoms with Gasteiger partial charge in [0.05, 0.1) is 5.54 Å². The van der Waals surface area contributed by atoms with Gasteiger partial charge in [0.25, 0.3) is 0 Å². The predicted octanol–water partition coefficient (Wildman–Crippen LogP) is 2.36. The second-order valence-electron chi connectivity index (χ2n) is 6.87. The maximum atomic E-state index is 12.1. The molecule has 2 rings (SSSR count). The van der Waals surface area contributed by atoms with Gasteiger partial charge in [-0.15, -0.1) is 0 Å². The molecule has 5 nitrogen and oxygen atoms in total. The van der Waals surface area contributed by atoms with Crippen LogP contribution in [0.2, 0.25) is 0 Å². The zero-order chi connectivity index (χ0) is 16.7. The van der Waals surface area contributed by atoms with Crippen molar-refractivity contribution in [1.29, 1.82) is 0 Å². The van der Waals surface area contributed by atoms with Crippen molar-refractivity contribution in [3.63, 3.8) is 0 Å². The van der Waals surface area contributed by atoms with Gasteiger partial charge in [-0.3, -0.25) is 0 Å². The lowest BCUT2D eigenvalue weighted by atomic mass is 9.87. The van der Waals surface area contributed by atoms with Crippen LogP contribution >= 0.6 is 0 Å². The highest BCUT2D eigenvalue weighted by Gasteiger charge is 2.35. The number of nitrogens with zero attached hydrogens (tertiary/aromatic N) is 1. The first-order valence-electron chi connectivity index (χ1n) is 8.44. The number of ether oxygens (including phenoxy) is 1. The summed E-state index contributed by atoms with van der Waals surface area (Å²) in [6.07, 6.45) is 1.37. The number of nitrogens with one attached hydrogen (secondary N) is 1. The molecule has 0 radical (unpaired) electrons. The minimum Gasteiger partial charge on any atom is -0.445 e. The van der Waals surface area contributed by atoms with Crippen molar-refractivity contribution in [2.45, 2.75) is 38.8 Å². The molecule has 0 atom stereocenters. The summed E-state index contributed by atoms with van der Waals surface area (Å²) < 4.78 is 5.33. The van der Waals surface area contributed by atoms with Crippen LogP contribution in [0.5, 0.6) is 0 Å². The second-order valence-corrected chi connectivity index (χ2v) is 6.87. The Morgan fingerprint density at radius 2 is 1.96 bits per heavy atom. The SMILES string of the molecule is CC(C)CN1CCC(CN)(NC(=O)OCc2ccccc2)CC1. The first-order chi connectivity index (χ1) is 11.0. The lowest BCUT2D eigenvalue weighted by Gasteiger charge is -2.41. The summed E-state index contributed by atoms with van der Waals surface area (Å²) in [6, 6.07) is 9.69. The number of likely N-dealkylation sites (tertiary alicyclic amines) is 1. The third-order valence-corrected chi connectivity index (χ3v) is 4.41. The molecule has 0 aliphatic carbocycles. The van der Waals surface area contributed by atoms with E-state index >= 15 is 0 Å². The van der Waals surface area contributed by atoms with Crippen molar-refractivity contribution >= 4 is 6.09 Å². The smallest absolute Gasteiger partial charge is 0.407 e. The summed E-state index contributed by atoms with van der Waals surface area (Å²) in [5.74, 6) is 0.657. The Morgan fingerprint density at radius 3 is 2.52 bits per heavy atom. The highest BCUT2D eigenvalue weighted by Crippen LogP contribution is 2.22. The van der Waals surface area contributed by atoms with Crippen molar-refractivity contribution < 1.29 is 9.53 Å². The lowest BCUT2D eigenvalue weighted by molar-refractivity contribution is 0.0976. The van der Waals surface area contributed by atoms with E-state index in [0.29, 0.717) is 12.5 Å². The molecular formula is C18H29N3O2. The van der Waals surface area contributed by atoms with Gasteiger partial charge in [0.2, 0.25) is 0 Å². The Hall–Kier alpha value is -1.59. The number of rotatable bonds is 6. The number of nitrogens with two attached hydrogens (primary N) is 1. The Morgan fingerprint density at radius 1 is 1.30 bits per heavy atom. The molecule has 1 aliphatic rings. The summed E-state index contributed by atoms with van der Waals surface area (Å²) in [5.41, 5.74) is 6.60. The van der Waals surface area contributed by atoms with E-state index in [4.69, 9.17) is 10.5 Å². The van der Waals surface area contributed by atoms with Gasteiger partial charge in [0.15, 0.2) is 0 Å². The van der Waals surface area contributed by atoms with Crippen molar-refractivity contribution in [1.82, 2.24) is 10.2 Å². The maximum Gasteiger partial charge on any atom is 0.407 e. The largest absolute Gasteiger partial charge is 0.445 e. The van der Waals surface area contributed by atoms with Gasteiger partial charge in [-0.05, 0) is 24.3 Å². The normalized spacial score (nSPS) is 17.9. The Labute approximate surface area is 139 Å². The monoisotopic (exact) mass is 319 g/mol. The molecule has 0 bridgehead atoms. The van der Waals surface area contributed by atoms with E-state index in [1.54, 1.807) is 0 Å². The zero-order valence-electron chi connectivity index (χ0n) is 14.3. The number of piperidine rings is 1. The van der Waals surface area contributed by atoms with Crippen LogP contribution in [0.25, 0.3) is 0 Å². The second kappa shape index (κ2) is 8.31. The molecule has 0 unspecified atom stereocenters. The molecule has 0 spiro atoms. The molecule has 0 saturated carbocycles. The van der Waals surface area contributed by atoms with Crippen LogP contribution in [0.15, 0.2) is 30.3 Å². The number of hydrogen-bond donors (Lipinski definition) is 2. The standard InChI is InChI=1S/C18H29N3O2/c1-15(2)12-21-10-8-18(14-19,9-11-21)20-17(22)23-13-16-6-4-3-5-7-16/h3-7,15H,8-14,19H2,1-2H3,(H,20,22). The fourth-order valence-electron chi connectivity index (χ4n) is 3.04. The predicted molar refractivity (Wildman–Crippen MR) is 92.1 cm³/mol. The zero-order valence-corrected chi connectivity index (χ0v) is 14.3. The van der Waals surface area contributed by atoms with E-state index in [-0.39, 0.29) is 18.2 Å². The summed E-state index contributed by atoms with van der Waals surface area (Å²) in [5, 5.41) is 3.01. The summed E-state index contributed by atoms with van der Waals surface area (Å²) in [7, 11) is 0. The molecule has 1 aromatic rings. The van der Waals surface area contributed by atoms with E-state index in [1.165, 1.54) is 0 Å². The molecule has 1 fully saturated rings. The highest BCUT2D eigenvalue weighted by molar-refractivity contribution is 5.68. The third kappa shape index (κ3) is 5.52. The van der Waals surface area contributed by atoms with Gasteiger partial charge in [0, 0.05) is 26.2 Å². The molecule has 3 N–H and O–H groups in total. The van der Waals surface area contributed by atoms with Gasteiger partial charge < -0.3 is 20.7 Å². The minimum atomic E-state index is -0.378. The Bertz CT molecular complexity index is 482.